The Morgan fingerprint density at radius 1 is 0.860 bits per heavy atom. The van der Waals surface area contributed by atoms with Crippen LogP contribution in [0.15, 0.2) is 77.7 Å². The van der Waals surface area contributed by atoms with Crippen molar-refractivity contribution in [1.82, 2.24) is 10.2 Å². The molecule has 3 aromatic carbocycles. The van der Waals surface area contributed by atoms with Crippen LogP contribution in [0.2, 0.25) is 0 Å². The predicted molar refractivity (Wildman–Crippen MR) is 167 cm³/mol. The van der Waals surface area contributed by atoms with Crippen molar-refractivity contribution < 1.29 is 27.5 Å². The molecule has 0 heterocycles. The molecule has 4 rings (SSSR count). The standard InChI is InChI=1S/C33H41N3O6S/c1-24-10-20-31(21-11-24)43(39,40)36(28-14-18-30(42-4)19-15-28)23-32(37)35(22-26-12-16-29(41-3)17-13-26)25(2)33(38)34-27-8-6-5-7-9-27/h10-21,25,27H,5-9,22-23H2,1-4H3,(H,34,38). The SMILES string of the molecule is COc1ccc(CN(C(=O)CN(c2ccc(OC)cc2)S(=O)(=O)c2ccc(C)cc2)C(C)C(=O)NC2CCCCC2)cc1. The smallest absolute Gasteiger partial charge is 0.264 e. The number of carbonyl (C=O) groups is 2. The van der Waals surface area contributed by atoms with Crippen LogP contribution in [0, 0.1) is 6.92 Å². The summed E-state index contributed by atoms with van der Waals surface area (Å²) in [6.45, 7) is 3.17. The molecule has 1 aliphatic carbocycles. The van der Waals surface area contributed by atoms with E-state index < -0.39 is 28.5 Å². The van der Waals surface area contributed by atoms with Gasteiger partial charge in [-0.15, -0.1) is 0 Å². The van der Waals surface area contributed by atoms with Crippen LogP contribution < -0.4 is 19.1 Å². The number of anilines is 1. The molecule has 9 nitrogen and oxygen atoms in total. The fourth-order valence-corrected chi connectivity index (χ4v) is 6.61. The third-order valence-corrected chi connectivity index (χ3v) is 9.67. The number of aryl methyl sites for hydroxylation is 1. The van der Waals surface area contributed by atoms with Crippen LogP contribution in [0.5, 0.6) is 11.5 Å². The number of hydrogen-bond donors (Lipinski definition) is 1. The normalized spacial score (nSPS) is 14.4. The fraction of sp³-hybridized carbons (Fsp3) is 0.394. The number of nitrogens with one attached hydrogen (secondary N) is 1. The van der Waals surface area contributed by atoms with E-state index >= 15 is 0 Å². The molecule has 1 atom stereocenters. The molecule has 43 heavy (non-hydrogen) atoms. The first-order chi connectivity index (χ1) is 20.6. The Kier molecular flexibility index (Phi) is 10.7. The molecule has 3 aromatic rings. The second kappa shape index (κ2) is 14.4. The van der Waals surface area contributed by atoms with Crippen molar-refractivity contribution in [2.24, 2.45) is 0 Å². The second-order valence-electron chi connectivity index (χ2n) is 10.9. The Hall–Kier alpha value is -4.05. The monoisotopic (exact) mass is 607 g/mol. The van der Waals surface area contributed by atoms with Crippen LogP contribution in [0.3, 0.4) is 0 Å². The zero-order valence-corrected chi connectivity index (χ0v) is 26.1. The van der Waals surface area contributed by atoms with E-state index in [1.807, 2.05) is 19.1 Å². The van der Waals surface area contributed by atoms with Crippen LogP contribution in [-0.4, -0.2) is 58.0 Å². The summed E-state index contributed by atoms with van der Waals surface area (Å²) in [5.41, 5.74) is 2.00. The van der Waals surface area contributed by atoms with Crippen molar-refractivity contribution in [1.29, 1.82) is 0 Å². The van der Waals surface area contributed by atoms with Crippen LogP contribution >= 0.6 is 0 Å². The number of hydrogen-bond acceptors (Lipinski definition) is 6. The maximum Gasteiger partial charge on any atom is 0.264 e. The van der Waals surface area contributed by atoms with Crippen molar-refractivity contribution in [3.05, 3.63) is 83.9 Å². The average Bonchev–Trinajstić information content (AvgIpc) is 3.03. The van der Waals surface area contributed by atoms with E-state index in [1.54, 1.807) is 62.6 Å². The van der Waals surface area contributed by atoms with Crippen LogP contribution in [0.25, 0.3) is 0 Å². The third kappa shape index (κ3) is 8.07. The Balaban J connectivity index is 1.67. The summed E-state index contributed by atoms with van der Waals surface area (Å²) in [4.78, 5) is 29.1. The van der Waals surface area contributed by atoms with E-state index in [1.165, 1.54) is 24.1 Å². The predicted octanol–water partition coefficient (Wildman–Crippen LogP) is 5.07. The topological polar surface area (TPSA) is 105 Å². The van der Waals surface area contributed by atoms with Gasteiger partial charge in [0.15, 0.2) is 0 Å². The highest BCUT2D eigenvalue weighted by Gasteiger charge is 2.33. The molecule has 1 fully saturated rings. The maximum atomic E-state index is 14.1. The van der Waals surface area contributed by atoms with Gasteiger partial charge < -0.3 is 19.7 Å². The van der Waals surface area contributed by atoms with Gasteiger partial charge in [0.05, 0.1) is 24.8 Å². The lowest BCUT2D eigenvalue weighted by Crippen LogP contribution is -2.53. The molecule has 1 unspecified atom stereocenters. The summed E-state index contributed by atoms with van der Waals surface area (Å²) in [6.07, 6.45) is 5.08. The number of benzene rings is 3. The van der Waals surface area contributed by atoms with Crippen molar-refractivity contribution in [2.45, 2.75) is 69.5 Å². The molecule has 1 N–H and O–H groups in total. The maximum absolute atomic E-state index is 14.1. The number of amides is 2. The molecule has 230 valence electrons. The number of nitrogens with zero attached hydrogens (tertiary/aromatic N) is 2. The summed E-state index contributed by atoms with van der Waals surface area (Å²) >= 11 is 0. The van der Waals surface area contributed by atoms with E-state index in [4.69, 9.17) is 9.47 Å². The molecule has 1 aliphatic rings. The Morgan fingerprint density at radius 2 is 1.42 bits per heavy atom. The molecule has 0 saturated heterocycles. The quantitative estimate of drug-likeness (QED) is 0.308. The molecular formula is C33H41N3O6S. The van der Waals surface area contributed by atoms with Crippen LogP contribution in [0.4, 0.5) is 5.69 Å². The van der Waals surface area contributed by atoms with Crippen LogP contribution in [0.1, 0.15) is 50.2 Å². The first-order valence-electron chi connectivity index (χ1n) is 14.6. The van der Waals surface area contributed by atoms with E-state index in [0.717, 1.165) is 47.5 Å². The lowest BCUT2D eigenvalue weighted by molar-refractivity contribution is -0.139. The Bertz CT molecular complexity index is 1470. The van der Waals surface area contributed by atoms with E-state index in [2.05, 4.69) is 5.32 Å². The molecule has 0 aromatic heterocycles. The number of sulfonamides is 1. The summed E-state index contributed by atoms with van der Waals surface area (Å²) < 4.78 is 39.6. The van der Waals surface area contributed by atoms with Crippen LogP contribution in [-0.2, 0) is 26.2 Å². The highest BCUT2D eigenvalue weighted by atomic mass is 32.2. The highest BCUT2D eigenvalue weighted by molar-refractivity contribution is 7.92. The van der Waals surface area contributed by atoms with E-state index in [0.29, 0.717) is 17.2 Å². The molecule has 0 spiro atoms. The van der Waals surface area contributed by atoms with E-state index in [-0.39, 0.29) is 23.4 Å². The summed E-state index contributed by atoms with van der Waals surface area (Å²) in [5, 5.41) is 3.12. The number of rotatable bonds is 12. The zero-order valence-electron chi connectivity index (χ0n) is 25.3. The molecule has 2 amide bonds. The Morgan fingerprint density at radius 3 is 1.98 bits per heavy atom. The largest absolute Gasteiger partial charge is 0.497 e. The molecule has 10 heteroatoms. The number of carbonyl (C=O) groups excluding carboxylic acids is 2. The Labute approximate surface area is 254 Å². The molecule has 0 radical (unpaired) electrons. The summed E-state index contributed by atoms with van der Waals surface area (Å²) in [6, 6.07) is 19.5. The minimum Gasteiger partial charge on any atom is -0.497 e. The van der Waals surface area contributed by atoms with Gasteiger partial charge in [-0.1, -0.05) is 49.1 Å². The molecular weight excluding hydrogens is 566 g/mol. The molecule has 1 saturated carbocycles. The van der Waals surface area contributed by atoms with Gasteiger partial charge in [-0.05, 0) is 80.8 Å². The number of ether oxygens (including phenoxy) is 2. The van der Waals surface area contributed by atoms with Crippen molar-refractivity contribution >= 4 is 27.5 Å². The molecule has 0 aliphatic heterocycles. The lowest BCUT2D eigenvalue weighted by atomic mass is 9.95. The summed E-state index contributed by atoms with van der Waals surface area (Å²) in [5.74, 6) is 0.455. The first-order valence-corrected chi connectivity index (χ1v) is 16.0. The van der Waals surface area contributed by atoms with Gasteiger partial charge in [-0.2, -0.15) is 0 Å². The second-order valence-corrected chi connectivity index (χ2v) is 12.8. The van der Waals surface area contributed by atoms with Crippen molar-refractivity contribution in [2.75, 3.05) is 25.1 Å². The average molecular weight is 608 g/mol. The zero-order chi connectivity index (χ0) is 31.0. The van der Waals surface area contributed by atoms with Crippen molar-refractivity contribution in [3.63, 3.8) is 0 Å². The minimum atomic E-state index is -4.14. The van der Waals surface area contributed by atoms with Gasteiger partial charge in [0, 0.05) is 12.6 Å². The third-order valence-electron chi connectivity index (χ3n) is 7.88. The van der Waals surface area contributed by atoms with Gasteiger partial charge in [0.2, 0.25) is 11.8 Å². The van der Waals surface area contributed by atoms with E-state index in [9.17, 15) is 18.0 Å². The fourth-order valence-electron chi connectivity index (χ4n) is 5.19. The van der Waals surface area contributed by atoms with Gasteiger partial charge in [-0.25, -0.2) is 8.42 Å². The lowest BCUT2D eigenvalue weighted by Gasteiger charge is -2.33. The van der Waals surface area contributed by atoms with Gasteiger partial charge in [0.25, 0.3) is 10.0 Å². The minimum absolute atomic E-state index is 0.0616. The van der Waals surface area contributed by atoms with Gasteiger partial charge >= 0.3 is 0 Å². The van der Waals surface area contributed by atoms with Gasteiger partial charge in [-0.3, -0.25) is 13.9 Å². The summed E-state index contributed by atoms with van der Waals surface area (Å²) in [7, 11) is -1.04. The highest BCUT2D eigenvalue weighted by Crippen LogP contribution is 2.27. The molecule has 0 bridgehead atoms. The van der Waals surface area contributed by atoms with Gasteiger partial charge in [0.1, 0.15) is 24.1 Å². The number of methoxy groups -OCH3 is 2. The van der Waals surface area contributed by atoms with Crippen molar-refractivity contribution in [3.8, 4) is 11.5 Å². The first kappa shape index (κ1) is 31.9.